The summed E-state index contributed by atoms with van der Waals surface area (Å²) >= 11 is 0. The fourth-order valence-corrected chi connectivity index (χ4v) is 3.69. The number of aryl methyl sites for hydroxylation is 1. The van der Waals surface area contributed by atoms with Crippen molar-refractivity contribution in [1.29, 1.82) is 0 Å². The first-order valence-corrected chi connectivity index (χ1v) is 10.8. The molecule has 6 nitrogen and oxygen atoms in total. The minimum absolute atomic E-state index is 0.101. The van der Waals surface area contributed by atoms with Gasteiger partial charge >= 0.3 is 0 Å². The zero-order valence-electron chi connectivity index (χ0n) is 18.6. The quantitative estimate of drug-likeness (QED) is 0.381. The number of amides is 1. The number of carbonyl (C=O) groups is 2. The number of aromatic nitrogens is 1. The van der Waals surface area contributed by atoms with E-state index >= 15 is 0 Å². The normalized spacial score (nSPS) is 18.1. The van der Waals surface area contributed by atoms with Crippen LogP contribution >= 0.6 is 0 Å². The van der Waals surface area contributed by atoms with Crippen LogP contribution in [0.5, 0.6) is 5.75 Å². The number of ketones is 1. The van der Waals surface area contributed by atoms with Gasteiger partial charge in [0.1, 0.15) is 11.5 Å². The van der Waals surface area contributed by atoms with Crippen LogP contribution in [-0.4, -0.2) is 39.8 Å². The van der Waals surface area contributed by atoms with E-state index in [-0.39, 0.29) is 11.3 Å². The van der Waals surface area contributed by atoms with Gasteiger partial charge in [0.15, 0.2) is 0 Å². The Morgan fingerprint density at radius 1 is 1.26 bits per heavy atom. The van der Waals surface area contributed by atoms with Crippen LogP contribution in [0.2, 0.25) is 0 Å². The van der Waals surface area contributed by atoms with E-state index in [0.29, 0.717) is 30.2 Å². The van der Waals surface area contributed by atoms with Crippen LogP contribution in [0.3, 0.4) is 0 Å². The zero-order valence-corrected chi connectivity index (χ0v) is 18.6. The predicted octanol–water partition coefficient (Wildman–Crippen LogP) is 4.65. The van der Waals surface area contributed by atoms with Crippen molar-refractivity contribution in [3.63, 3.8) is 0 Å². The lowest BCUT2D eigenvalue weighted by molar-refractivity contribution is -0.139. The second-order valence-electron chi connectivity index (χ2n) is 8.32. The number of likely N-dealkylation sites (tertiary alicyclic amines) is 1. The molecule has 0 spiro atoms. The van der Waals surface area contributed by atoms with E-state index < -0.39 is 17.7 Å². The molecule has 1 aliphatic rings. The molecule has 2 aromatic rings. The summed E-state index contributed by atoms with van der Waals surface area (Å²) in [6, 6.07) is 8.23. The van der Waals surface area contributed by atoms with Gasteiger partial charge in [0.2, 0.25) is 0 Å². The van der Waals surface area contributed by atoms with Gasteiger partial charge in [-0.05, 0) is 54.7 Å². The number of rotatable bonds is 8. The number of pyridine rings is 1. The van der Waals surface area contributed by atoms with Crippen LogP contribution in [0.4, 0.5) is 0 Å². The molecule has 0 aliphatic carbocycles. The molecule has 1 aromatic heterocycles. The molecule has 1 amide bonds. The highest BCUT2D eigenvalue weighted by Crippen LogP contribution is 2.39. The maximum Gasteiger partial charge on any atom is 0.295 e. The summed E-state index contributed by atoms with van der Waals surface area (Å²) in [4.78, 5) is 31.4. The minimum atomic E-state index is -0.666. The van der Waals surface area contributed by atoms with Crippen molar-refractivity contribution < 1.29 is 19.4 Å². The summed E-state index contributed by atoms with van der Waals surface area (Å²) < 4.78 is 5.81. The van der Waals surface area contributed by atoms with Crippen LogP contribution in [0.15, 0.2) is 48.3 Å². The topological polar surface area (TPSA) is 79.7 Å². The fraction of sp³-hybridized carbons (Fsp3) is 0.400. The van der Waals surface area contributed by atoms with Crippen molar-refractivity contribution in [2.24, 2.45) is 5.92 Å². The van der Waals surface area contributed by atoms with E-state index in [2.05, 4.69) is 18.8 Å². The number of nitrogens with zero attached hydrogens (tertiary/aromatic N) is 2. The third-order valence-electron chi connectivity index (χ3n) is 5.31. The Morgan fingerprint density at radius 2 is 2.03 bits per heavy atom. The number of aliphatic hydroxyl groups is 1. The van der Waals surface area contributed by atoms with Gasteiger partial charge in [0.05, 0.1) is 18.2 Å². The Morgan fingerprint density at radius 3 is 2.65 bits per heavy atom. The Kier molecular flexibility index (Phi) is 7.10. The van der Waals surface area contributed by atoms with E-state index in [1.54, 1.807) is 41.6 Å². The van der Waals surface area contributed by atoms with Gasteiger partial charge in [-0.1, -0.05) is 33.3 Å². The monoisotopic (exact) mass is 422 g/mol. The molecule has 1 atom stereocenters. The van der Waals surface area contributed by atoms with Crippen LogP contribution in [0, 0.1) is 12.8 Å². The summed E-state index contributed by atoms with van der Waals surface area (Å²) in [6.45, 7) is 9.11. The standard InChI is InChI=1S/C25H30N2O4/c1-5-6-12-27-22(19-8-7-11-26-14-19)21(24(29)25(27)30)23(28)18-9-10-20(17(4)13-18)31-15-16(2)3/h7-11,13-14,16,22,28H,5-6,12,15H2,1-4H3/b23-21-. The zero-order chi connectivity index (χ0) is 22.5. The number of benzene rings is 1. The highest BCUT2D eigenvalue weighted by Gasteiger charge is 2.45. The van der Waals surface area contributed by atoms with Crippen molar-refractivity contribution in [2.45, 2.75) is 46.6 Å². The largest absolute Gasteiger partial charge is 0.507 e. The molecule has 1 N–H and O–H groups in total. The summed E-state index contributed by atoms with van der Waals surface area (Å²) in [6.07, 6.45) is 4.93. The third kappa shape index (κ3) is 4.79. The van der Waals surface area contributed by atoms with Crippen molar-refractivity contribution >= 4 is 17.4 Å². The minimum Gasteiger partial charge on any atom is -0.507 e. The number of Topliss-reactive ketones (excluding diaryl/α,β-unsaturated/α-hetero) is 1. The van der Waals surface area contributed by atoms with E-state index in [9.17, 15) is 14.7 Å². The van der Waals surface area contributed by atoms with Gasteiger partial charge in [0.25, 0.3) is 11.7 Å². The predicted molar refractivity (Wildman–Crippen MR) is 120 cm³/mol. The van der Waals surface area contributed by atoms with E-state index in [0.717, 1.165) is 24.2 Å². The highest BCUT2D eigenvalue weighted by molar-refractivity contribution is 6.46. The van der Waals surface area contributed by atoms with Crippen LogP contribution < -0.4 is 4.74 Å². The van der Waals surface area contributed by atoms with Crippen molar-refractivity contribution in [1.82, 2.24) is 9.88 Å². The molecule has 1 unspecified atom stereocenters. The number of ether oxygens (including phenoxy) is 1. The number of aliphatic hydroxyl groups excluding tert-OH is 1. The lowest BCUT2D eigenvalue weighted by Gasteiger charge is -2.25. The Balaban J connectivity index is 2.05. The molecule has 1 fully saturated rings. The summed E-state index contributed by atoms with van der Waals surface area (Å²) in [5.41, 5.74) is 2.14. The Hall–Kier alpha value is -3.15. The van der Waals surface area contributed by atoms with Gasteiger partial charge in [-0.3, -0.25) is 14.6 Å². The van der Waals surface area contributed by atoms with Gasteiger partial charge in [-0.15, -0.1) is 0 Å². The summed E-state index contributed by atoms with van der Waals surface area (Å²) in [5.74, 6) is -0.300. The average Bonchev–Trinajstić information content (AvgIpc) is 3.01. The van der Waals surface area contributed by atoms with Crippen molar-refractivity contribution in [3.8, 4) is 5.75 Å². The first kappa shape index (κ1) is 22.5. The smallest absolute Gasteiger partial charge is 0.295 e. The second-order valence-corrected chi connectivity index (χ2v) is 8.32. The Labute approximate surface area is 183 Å². The van der Waals surface area contributed by atoms with Crippen LogP contribution in [0.25, 0.3) is 5.76 Å². The molecule has 1 aromatic carbocycles. The number of unbranched alkanes of at least 4 members (excludes halogenated alkanes) is 1. The molecule has 3 rings (SSSR count). The van der Waals surface area contributed by atoms with Gasteiger partial charge in [0, 0.05) is 24.5 Å². The second kappa shape index (κ2) is 9.77. The van der Waals surface area contributed by atoms with Gasteiger partial charge in [-0.2, -0.15) is 0 Å². The lowest BCUT2D eigenvalue weighted by Crippen LogP contribution is -2.30. The van der Waals surface area contributed by atoms with Gasteiger partial charge in [-0.25, -0.2) is 0 Å². The fourth-order valence-electron chi connectivity index (χ4n) is 3.69. The van der Waals surface area contributed by atoms with Crippen LogP contribution in [-0.2, 0) is 9.59 Å². The maximum absolute atomic E-state index is 13.0. The molecule has 164 valence electrons. The maximum atomic E-state index is 13.0. The van der Waals surface area contributed by atoms with Crippen molar-refractivity contribution in [3.05, 3.63) is 65.0 Å². The molecular formula is C25H30N2O4. The molecule has 0 saturated carbocycles. The van der Waals surface area contributed by atoms with E-state index in [1.165, 1.54) is 0 Å². The van der Waals surface area contributed by atoms with E-state index in [4.69, 9.17) is 4.74 Å². The van der Waals surface area contributed by atoms with Crippen LogP contribution in [0.1, 0.15) is 56.3 Å². The molecule has 0 bridgehead atoms. The van der Waals surface area contributed by atoms with E-state index in [1.807, 2.05) is 19.9 Å². The molecule has 1 aliphatic heterocycles. The highest BCUT2D eigenvalue weighted by atomic mass is 16.5. The van der Waals surface area contributed by atoms with Crippen molar-refractivity contribution in [2.75, 3.05) is 13.2 Å². The SMILES string of the molecule is CCCCN1C(=O)C(=O)/C(=C(\O)c2ccc(OCC(C)C)c(C)c2)C1c1cccnc1. The van der Waals surface area contributed by atoms with Gasteiger partial charge < -0.3 is 14.7 Å². The molecule has 2 heterocycles. The molecular weight excluding hydrogens is 392 g/mol. The molecule has 1 saturated heterocycles. The first-order valence-electron chi connectivity index (χ1n) is 10.8. The molecule has 0 radical (unpaired) electrons. The lowest BCUT2D eigenvalue weighted by atomic mass is 9.95. The summed E-state index contributed by atoms with van der Waals surface area (Å²) in [7, 11) is 0. The Bertz CT molecular complexity index is 982. The number of carbonyl (C=O) groups excluding carboxylic acids is 2. The number of hydrogen-bond donors (Lipinski definition) is 1. The number of hydrogen-bond acceptors (Lipinski definition) is 5. The first-order chi connectivity index (χ1) is 14.8. The average molecular weight is 423 g/mol. The summed E-state index contributed by atoms with van der Waals surface area (Å²) in [5, 5.41) is 11.1. The molecule has 6 heteroatoms. The molecule has 31 heavy (non-hydrogen) atoms. The third-order valence-corrected chi connectivity index (χ3v) is 5.31.